The summed E-state index contributed by atoms with van der Waals surface area (Å²) in [6, 6.07) is 12.7. The minimum absolute atomic E-state index is 0.0401. The fraction of sp³-hybridized carbons (Fsp3) is 0.625. The number of aromatic nitrogens is 2. The zero-order valence-electron chi connectivity index (χ0n) is 18.6. The molecule has 32 heavy (non-hydrogen) atoms. The summed E-state index contributed by atoms with van der Waals surface area (Å²) in [6.45, 7) is 3.83. The van der Waals surface area contributed by atoms with Crippen LogP contribution >= 0.6 is 0 Å². The van der Waals surface area contributed by atoms with E-state index in [1.807, 2.05) is 13.0 Å². The lowest BCUT2D eigenvalue weighted by Gasteiger charge is -2.47. The molecule has 0 saturated carbocycles. The van der Waals surface area contributed by atoms with Crippen molar-refractivity contribution in [1.82, 2.24) is 20.4 Å². The van der Waals surface area contributed by atoms with E-state index in [0.717, 1.165) is 45.2 Å². The number of anilines is 1. The van der Waals surface area contributed by atoms with Crippen LogP contribution in [0.2, 0.25) is 0 Å². The summed E-state index contributed by atoms with van der Waals surface area (Å²) in [4.78, 5) is 21.7. The maximum atomic E-state index is 12.2. The Morgan fingerprint density at radius 3 is 2.47 bits per heavy atom. The number of aryl methyl sites for hydroxylation is 1. The van der Waals surface area contributed by atoms with Crippen LogP contribution in [-0.4, -0.2) is 64.0 Å². The molecule has 1 amide bonds. The average molecular weight is 438 g/mol. The monoisotopic (exact) mass is 437 g/mol. The number of rotatable bonds is 4. The van der Waals surface area contributed by atoms with Gasteiger partial charge in [0.15, 0.2) is 5.82 Å². The average Bonchev–Trinajstić information content (AvgIpc) is 3.43. The maximum Gasteiger partial charge on any atom is 0.408 e. The van der Waals surface area contributed by atoms with Crippen molar-refractivity contribution >= 4 is 12.1 Å². The zero-order chi connectivity index (χ0) is 21.7. The number of ether oxygens (including phenoxy) is 1. The maximum absolute atomic E-state index is 12.2. The molecular weight excluding hydrogens is 406 g/mol. The summed E-state index contributed by atoms with van der Waals surface area (Å²) < 4.78 is 11.4. The van der Waals surface area contributed by atoms with Crippen molar-refractivity contribution in [3.8, 4) is 0 Å². The number of carbonyl (C=O) groups is 1. The first-order valence-electron chi connectivity index (χ1n) is 12.0. The van der Waals surface area contributed by atoms with Crippen molar-refractivity contribution in [3.05, 3.63) is 41.7 Å². The highest BCUT2D eigenvalue weighted by Gasteiger charge is 2.52. The van der Waals surface area contributed by atoms with Crippen molar-refractivity contribution in [2.75, 3.05) is 18.0 Å². The van der Waals surface area contributed by atoms with Gasteiger partial charge in [-0.1, -0.05) is 35.5 Å². The van der Waals surface area contributed by atoms with Crippen LogP contribution in [-0.2, 0) is 11.2 Å². The normalized spacial score (nSPS) is 31.7. The van der Waals surface area contributed by atoms with Gasteiger partial charge in [0.05, 0.1) is 6.04 Å². The van der Waals surface area contributed by atoms with E-state index in [4.69, 9.17) is 9.26 Å². The van der Waals surface area contributed by atoms with Crippen LogP contribution in [0.15, 0.2) is 34.9 Å². The van der Waals surface area contributed by atoms with E-state index < -0.39 is 0 Å². The van der Waals surface area contributed by atoms with Crippen molar-refractivity contribution in [2.24, 2.45) is 0 Å². The number of likely N-dealkylation sites (tertiary alicyclic amines) is 1. The predicted molar refractivity (Wildman–Crippen MR) is 118 cm³/mol. The second-order valence-electron chi connectivity index (χ2n) is 9.92. The summed E-state index contributed by atoms with van der Waals surface area (Å²) in [5.41, 5.74) is 0.857. The second kappa shape index (κ2) is 7.76. The third-order valence-corrected chi connectivity index (χ3v) is 8.11. The number of hydrogen-bond acceptors (Lipinski definition) is 7. The van der Waals surface area contributed by atoms with Gasteiger partial charge in [-0.25, -0.2) is 4.79 Å². The van der Waals surface area contributed by atoms with Gasteiger partial charge in [-0.2, -0.15) is 4.98 Å². The topological polar surface area (TPSA) is 83.7 Å². The van der Waals surface area contributed by atoms with Gasteiger partial charge >= 0.3 is 12.1 Å². The predicted octanol–water partition coefficient (Wildman–Crippen LogP) is 3.06. The first-order valence-corrected chi connectivity index (χ1v) is 12.0. The second-order valence-corrected chi connectivity index (χ2v) is 9.92. The quantitative estimate of drug-likeness (QED) is 0.787. The van der Waals surface area contributed by atoms with Crippen LogP contribution < -0.4 is 10.2 Å². The highest BCUT2D eigenvalue weighted by Crippen LogP contribution is 2.42. The number of hydrogen-bond donors (Lipinski definition) is 1. The lowest BCUT2D eigenvalue weighted by Crippen LogP contribution is -2.57. The summed E-state index contributed by atoms with van der Waals surface area (Å²) >= 11 is 0. The summed E-state index contributed by atoms with van der Waals surface area (Å²) in [7, 11) is 0. The molecule has 2 bridgehead atoms. The SMILES string of the molecule is Cc1noc(N2C3CCC2CC(N2CCC4(CC2)OC(=O)NC4Cc2ccccc2)C3)n1. The number of piperidine rings is 2. The van der Waals surface area contributed by atoms with Gasteiger partial charge in [-0.05, 0) is 44.6 Å². The number of fused-ring (bicyclic) bond motifs is 2. The molecule has 4 saturated heterocycles. The molecule has 8 nitrogen and oxygen atoms in total. The van der Waals surface area contributed by atoms with E-state index in [-0.39, 0.29) is 17.7 Å². The molecule has 1 N–H and O–H groups in total. The Kier molecular flexibility index (Phi) is 4.86. The third-order valence-electron chi connectivity index (χ3n) is 8.11. The highest BCUT2D eigenvalue weighted by atomic mass is 16.6. The van der Waals surface area contributed by atoms with Gasteiger partial charge in [0, 0.05) is 44.1 Å². The van der Waals surface area contributed by atoms with E-state index in [0.29, 0.717) is 30.0 Å². The Morgan fingerprint density at radius 2 is 1.81 bits per heavy atom. The number of nitrogens with zero attached hydrogens (tertiary/aromatic N) is 4. The van der Waals surface area contributed by atoms with Crippen LogP contribution in [0.4, 0.5) is 10.8 Å². The molecule has 4 fully saturated rings. The van der Waals surface area contributed by atoms with Crippen molar-refractivity contribution in [3.63, 3.8) is 0 Å². The van der Waals surface area contributed by atoms with Crippen molar-refractivity contribution < 1.29 is 14.1 Å². The number of benzene rings is 1. The van der Waals surface area contributed by atoms with Crippen LogP contribution in [0.5, 0.6) is 0 Å². The molecule has 4 aliphatic heterocycles. The first-order chi connectivity index (χ1) is 15.6. The van der Waals surface area contributed by atoms with Crippen molar-refractivity contribution in [1.29, 1.82) is 0 Å². The minimum Gasteiger partial charge on any atom is -0.441 e. The Morgan fingerprint density at radius 1 is 1.09 bits per heavy atom. The van der Waals surface area contributed by atoms with Crippen LogP contribution in [0, 0.1) is 6.92 Å². The van der Waals surface area contributed by atoms with Gasteiger partial charge < -0.3 is 19.5 Å². The lowest BCUT2D eigenvalue weighted by molar-refractivity contribution is -0.0317. The molecular formula is C24H31N5O3. The smallest absolute Gasteiger partial charge is 0.408 e. The molecule has 0 aliphatic carbocycles. The molecule has 8 heteroatoms. The van der Waals surface area contributed by atoms with Crippen LogP contribution in [0.25, 0.3) is 0 Å². The van der Waals surface area contributed by atoms with E-state index in [2.05, 4.69) is 49.5 Å². The van der Waals surface area contributed by atoms with Crippen molar-refractivity contribution in [2.45, 2.75) is 81.6 Å². The molecule has 5 heterocycles. The Bertz CT molecular complexity index is 957. The van der Waals surface area contributed by atoms with Gasteiger partial charge in [-0.3, -0.25) is 4.90 Å². The lowest BCUT2D eigenvalue weighted by atomic mass is 9.81. The standard InChI is InChI=1S/C24H31N5O3/c1-16-25-22(32-27-16)29-18-7-8-19(29)15-20(14-18)28-11-9-24(10-12-28)21(26-23(30)31-24)13-17-5-3-2-4-6-17/h2-6,18-21H,7-15H2,1H3,(H,26,30). The van der Waals surface area contributed by atoms with Gasteiger partial charge in [0.1, 0.15) is 5.60 Å². The van der Waals surface area contributed by atoms with Crippen LogP contribution in [0.1, 0.15) is 49.9 Å². The van der Waals surface area contributed by atoms with Gasteiger partial charge in [0.2, 0.25) is 0 Å². The largest absolute Gasteiger partial charge is 0.441 e. The Hall–Kier alpha value is -2.61. The summed E-state index contributed by atoms with van der Waals surface area (Å²) in [5, 5.41) is 7.09. The minimum atomic E-state index is -0.385. The fourth-order valence-corrected chi connectivity index (χ4v) is 6.51. The fourth-order valence-electron chi connectivity index (χ4n) is 6.51. The highest BCUT2D eigenvalue weighted by molar-refractivity contribution is 5.71. The number of alkyl carbamates (subject to hydrolysis) is 1. The Labute approximate surface area is 188 Å². The van der Waals surface area contributed by atoms with E-state index in [9.17, 15) is 4.79 Å². The molecule has 3 unspecified atom stereocenters. The molecule has 170 valence electrons. The van der Waals surface area contributed by atoms with E-state index in [1.165, 1.54) is 18.4 Å². The molecule has 0 radical (unpaired) electrons. The summed E-state index contributed by atoms with van der Waals surface area (Å²) in [6.07, 6.45) is 7.00. The van der Waals surface area contributed by atoms with Crippen LogP contribution in [0.3, 0.4) is 0 Å². The molecule has 1 aromatic carbocycles. The van der Waals surface area contributed by atoms with Gasteiger partial charge in [-0.15, -0.1) is 0 Å². The summed E-state index contributed by atoms with van der Waals surface area (Å²) in [5.74, 6) is 0.702. The third kappa shape index (κ3) is 3.45. The van der Waals surface area contributed by atoms with E-state index >= 15 is 0 Å². The number of carbonyl (C=O) groups excluding carboxylic acids is 1. The molecule has 1 aromatic heterocycles. The molecule has 6 rings (SSSR count). The van der Waals surface area contributed by atoms with E-state index in [1.54, 1.807) is 0 Å². The zero-order valence-corrected chi connectivity index (χ0v) is 18.6. The molecule has 1 spiro atoms. The van der Waals surface area contributed by atoms with Gasteiger partial charge in [0.25, 0.3) is 0 Å². The molecule has 2 aromatic rings. The first kappa shape index (κ1) is 20.0. The number of amides is 1. The number of nitrogens with one attached hydrogen (secondary N) is 1. The molecule has 4 aliphatic rings. The molecule has 3 atom stereocenters. The Balaban J connectivity index is 1.11.